The number of hydrogen-bond acceptors (Lipinski definition) is 12. The lowest BCUT2D eigenvalue weighted by Crippen LogP contribution is -2.29. The first kappa shape index (κ1) is 35.3. The summed E-state index contributed by atoms with van der Waals surface area (Å²) >= 11 is 0. The van der Waals surface area contributed by atoms with E-state index >= 15 is 0 Å². The number of carbonyl (C=O) groups excluding carboxylic acids is 7. The molecule has 11 rings (SSSR count). The van der Waals surface area contributed by atoms with E-state index < -0.39 is 41.5 Å². The van der Waals surface area contributed by atoms with Gasteiger partial charge < -0.3 is 13.9 Å². The fraction of sp³-hybridized carbons (Fsp3) is 0. The summed E-state index contributed by atoms with van der Waals surface area (Å²) in [5.41, 5.74) is 5.53. The van der Waals surface area contributed by atoms with Crippen molar-refractivity contribution >= 4 is 58.7 Å². The lowest BCUT2D eigenvalue weighted by Gasteiger charge is -2.14. The average Bonchev–Trinajstić information content (AvgIpc) is 4.07. The quantitative estimate of drug-likeness (QED) is 0.0905. The molecule has 4 amide bonds. The van der Waals surface area contributed by atoms with Gasteiger partial charge in [-0.3, -0.25) is 19.2 Å². The van der Waals surface area contributed by atoms with Crippen molar-refractivity contribution in [1.29, 1.82) is 0 Å². The molecule has 0 bridgehead atoms. The Bertz CT molecular complexity index is 3040. The Morgan fingerprint density at radius 1 is 0.393 bits per heavy atom. The maximum atomic E-state index is 13.7. The van der Waals surface area contributed by atoms with Gasteiger partial charge in [-0.1, -0.05) is 49.0 Å². The van der Waals surface area contributed by atoms with Crippen LogP contribution < -0.4 is 9.80 Å². The zero-order valence-electron chi connectivity index (χ0n) is 31.1. The molecule has 7 aromatic rings. The van der Waals surface area contributed by atoms with E-state index in [-0.39, 0.29) is 50.9 Å². The van der Waals surface area contributed by atoms with Crippen molar-refractivity contribution in [3.8, 4) is 45.2 Å². The van der Waals surface area contributed by atoms with Crippen molar-refractivity contribution in [3.63, 3.8) is 0 Å². The molecule has 0 unspecified atom stereocenters. The number of amides is 4. The summed E-state index contributed by atoms with van der Waals surface area (Å²) in [5.74, 6) is -3.61. The van der Waals surface area contributed by atoms with Crippen molar-refractivity contribution < 1.29 is 47.5 Å². The van der Waals surface area contributed by atoms with Crippen LogP contribution in [0.1, 0.15) is 78.1 Å². The first-order valence-electron chi connectivity index (χ1n) is 18.6. The lowest BCUT2D eigenvalue weighted by atomic mass is 9.94. The number of fused-ring (bicyclic) bond motifs is 4. The van der Waals surface area contributed by atoms with Crippen LogP contribution in [0.3, 0.4) is 0 Å². The van der Waals surface area contributed by atoms with Crippen LogP contribution in [-0.2, 0) is 9.47 Å². The summed E-state index contributed by atoms with van der Waals surface area (Å²) < 4.78 is 16.0. The molecule has 1 aromatic heterocycles. The summed E-state index contributed by atoms with van der Waals surface area (Å²) in [6.45, 7) is 3.79. The first-order chi connectivity index (χ1) is 29.5. The van der Waals surface area contributed by atoms with Crippen LogP contribution in [0.15, 0.2) is 132 Å². The SMILES string of the molecule is C=C1OC(=O)c2c1cccc2-c1ccc2c(c1)C(=O)N(c1ccc(-c3nnc(-c4ccc(N5C(=O)c6ccc(-c7cccc8c7C(=O)OC8=O)cc6C5=O)cc4)o3)cc1)C2=O. The summed E-state index contributed by atoms with van der Waals surface area (Å²) in [4.78, 5) is 93.5. The van der Waals surface area contributed by atoms with Gasteiger partial charge in [0.25, 0.3) is 23.6 Å². The van der Waals surface area contributed by atoms with Crippen LogP contribution >= 0.6 is 0 Å². The molecule has 0 spiro atoms. The molecule has 6 aromatic carbocycles. The number of cyclic esters (lactones) is 3. The molecule has 0 radical (unpaired) electrons. The van der Waals surface area contributed by atoms with E-state index in [9.17, 15) is 33.6 Å². The van der Waals surface area contributed by atoms with Crippen molar-refractivity contribution in [1.82, 2.24) is 10.2 Å². The molecule has 0 saturated carbocycles. The number of aromatic nitrogens is 2. The summed E-state index contributed by atoms with van der Waals surface area (Å²) in [6, 6.07) is 32.3. The Kier molecular flexibility index (Phi) is 7.40. The second kappa shape index (κ2) is 12.8. The molecule has 14 nitrogen and oxygen atoms in total. The Hall–Kier alpha value is -8.91. The highest BCUT2D eigenvalue weighted by molar-refractivity contribution is 6.35. The highest BCUT2D eigenvalue weighted by Crippen LogP contribution is 2.40. The summed E-state index contributed by atoms with van der Waals surface area (Å²) in [6.07, 6.45) is 0. The van der Waals surface area contributed by atoms with Gasteiger partial charge in [0.2, 0.25) is 11.8 Å². The largest absolute Gasteiger partial charge is 0.423 e. The van der Waals surface area contributed by atoms with Gasteiger partial charge in [0.1, 0.15) is 5.76 Å². The number of nitrogens with zero attached hydrogens (tertiary/aromatic N) is 4. The lowest BCUT2D eigenvalue weighted by molar-refractivity contribution is 0.0442. The van der Waals surface area contributed by atoms with Gasteiger partial charge in [-0.05, 0) is 101 Å². The van der Waals surface area contributed by atoms with E-state index in [0.29, 0.717) is 55.9 Å². The molecule has 61 heavy (non-hydrogen) atoms. The number of carbonyl (C=O) groups is 7. The predicted molar refractivity (Wildman–Crippen MR) is 215 cm³/mol. The van der Waals surface area contributed by atoms with E-state index in [0.717, 1.165) is 9.80 Å². The number of anilines is 2. The van der Waals surface area contributed by atoms with E-state index in [1.165, 1.54) is 18.2 Å². The first-order valence-corrected chi connectivity index (χ1v) is 18.6. The fourth-order valence-electron chi connectivity index (χ4n) is 8.08. The molecular formula is C47H22N4O10. The molecule has 4 aliphatic heterocycles. The number of imide groups is 2. The average molecular weight is 803 g/mol. The molecule has 14 heteroatoms. The van der Waals surface area contributed by atoms with E-state index in [1.54, 1.807) is 103 Å². The summed E-state index contributed by atoms with van der Waals surface area (Å²) in [7, 11) is 0. The normalized spacial score (nSPS) is 15.0. The molecule has 0 atom stereocenters. The zero-order chi connectivity index (χ0) is 41.8. The number of esters is 3. The third kappa shape index (κ3) is 5.19. The van der Waals surface area contributed by atoms with Crippen LogP contribution in [0.25, 0.3) is 50.9 Å². The van der Waals surface area contributed by atoms with Crippen LogP contribution in [0.5, 0.6) is 0 Å². The minimum Gasteiger partial charge on any atom is -0.423 e. The van der Waals surface area contributed by atoms with Crippen molar-refractivity contribution in [3.05, 3.63) is 172 Å². The van der Waals surface area contributed by atoms with Gasteiger partial charge >= 0.3 is 17.9 Å². The topological polar surface area (TPSA) is 183 Å². The number of benzene rings is 6. The minimum atomic E-state index is -0.779. The number of hydrogen-bond donors (Lipinski definition) is 0. The van der Waals surface area contributed by atoms with E-state index in [1.807, 2.05) is 0 Å². The zero-order valence-corrected chi connectivity index (χ0v) is 31.1. The molecule has 5 heterocycles. The Morgan fingerprint density at radius 3 is 1.31 bits per heavy atom. The van der Waals surface area contributed by atoms with E-state index in [4.69, 9.17) is 13.9 Å². The monoisotopic (exact) mass is 802 g/mol. The predicted octanol–water partition coefficient (Wildman–Crippen LogP) is 7.79. The van der Waals surface area contributed by atoms with Gasteiger partial charge in [-0.15, -0.1) is 10.2 Å². The van der Waals surface area contributed by atoms with Gasteiger partial charge in [0.05, 0.1) is 50.3 Å². The Labute approximate surface area is 342 Å². The van der Waals surface area contributed by atoms with Crippen LogP contribution in [0.2, 0.25) is 0 Å². The maximum Gasteiger partial charge on any atom is 0.347 e. The number of rotatable bonds is 6. The third-order valence-corrected chi connectivity index (χ3v) is 11.0. The third-order valence-electron chi connectivity index (χ3n) is 11.0. The van der Waals surface area contributed by atoms with Crippen LogP contribution in [-0.4, -0.2) is 51.7 Å². The van der Waals surface area contributed by atoms with Gasteiger partial charge in [-0.2, -0.15) is 0 Å². The molecule has 0 fully saturated rings. The van der Waals surface area contributed by atoms with Gasteiger partial charge in [0, 0.05) is 16.7 Å². The van der Waals surface area contributed by atoms with Gasteiger partial charge in [0.15, 0.2) is 0 Å². The second-order valence-corrected chi connectivity index (χ2v) is 14.4. The molecule has 290 valence electrons. The molecule has 4 aliphatic rings. The molecular weight excluding hydrogens is 781 g/mol. The van der Waals surface area contributed by atoms with Crippen LogP contribution in [0, 0.1) is 0 Å². The fourth-order valence-corrected chi connectivity index (χ4v) is 8.08. The highest BCUT2D eigenvalue weighted by Gasteiger charge is 2.40. The maximum absolute atomic E-state index is 13.7. The minimum absolute atomic E-state index is 0.103. The highest BCUT2D eigenvalue weighted by atomic mass is 16.6. The molecule has 0 aliphatic carbocycles. The molecule has 0 N–H and O–H groups in total. The van der Waals surface area contributed by atoms with Gasteiger partial charge in [-0.25, -0.2) is 24.2 Å². The van der Waals surface area contributed by atoms with Crippen LogP contribution in [0.4, 0.5) is 11.4 Å². The van der Waals surface area contributed by atoms with Crippen molar-refractivity contribution in [2.24, 2.45) is 0 Å². The van der Waals surface area contributed by atoms with Crippen molar-refractivity contribution in [2.45, 2.75) is 0 Å². The van der Waals surface area contributed by atoms with E-state index in [2.05, 4.69) is 16.8 Å². The standard InChI is InChI=1S/C47H22N4O10/c1-22-29-4-2-5-30(37(29)46(57)59-22)25-12-18-32-35(20-25)43(54)50(41(32)52)27-14-8-23(9-15-27)39-48-49-40(60-39)24-10-16-28(17-11-24)51-42(53)33-19-13-26(21-36(33)44(51)55)31-6-3-7-34-38(31)47(58)61-45(34)56/h2-21H,1H2. The Balaban J connectivity index is 0.803. The van der Waals surface area contributed by atoms with Crippen molar-refractivity contribution in [2.75, 3.05) is 9.80 Å². The smallest absolute Gasteiger partial charge is 0.347 e. The Morgan fingerprint density at radius 2 is 0.803 bits per heavy atom. The second-order valence-electron chi connectivity index (χ2n) is 14.4. The summed E-state index contributed by atoms with van der Waals surface area (Å²) in [5, 5.41) is 8.34. The molecule has 0 saturated heterocycles. The number of ether oxygens (including phenoxy) is 2.